The molecule has 0 spiro atoms. The first-order valence-electron chi connectivity index (χ1n) is 14.3. The fourth-order valence-electron chi connectivity index (χ4n) is 6.29. The van der Waals surface area contributed by atoms with Gasteiger partial charge in [-0.3, -0.25) is 24.0 Å². The molecular weight excluding hydrogens is 582 g/mol. The number of hydrogen-bond acceptors (Lipinski definition) is 13. The number of rotatable bonds is 8. The lowest BCUT2D eigenvalue weighted by atomic mass is 9.74. The largest absolute Gasteiger partial charge is 0.471 e. The molecule has 0 saturated carbocycles. The highest BCUT2D eigenvalue weighted by molar-refractivity contribution is 5.95. The maximum atomic E-state index is 13.6. The standard InChI is InChI=1S/C29H35N3O12/c1-6-17-18-9-21-23-20(30-12-31-23)7-8-32(21)27(37)19(18)10-39-28(17)44-29-26(42-16(5)36)25(41-15(4)35)24(40-14(3)34)22(43-29)11-38-13(2)33/h6,10,12,17-18,21-22,24-26,28-29H,1,7-9,11H2,2-5H3,(H,30,31)/t17-,18+,21+,22-,24-,25+,26-,28+,29+/m1/s1. The highest BCUT2D eigenvalue weighted by Crippen LogP contribution is 2.47. The number of esters is 4. The molecule has 1 aromatic rings. The van der Waals surface area contributed by atoms with E-state index in [0.29, 0.717) is 25.0 Å². The number of aromatic nitrogens is 2. The fraction of sp³-hybridized carbons (Fsp3) is 0.586. The van der Waals surface area contributed by atoms with Gasteiger partial charge in [-0.1, -0.05) is 6.08 Å². The lowest BCUT2D eigenvalue weighted by Crippen LogP contribution is -2.63. The van der Waals surface area contributed by atoms with Crippen LogP contribution in [-0.4, -0.2) is 94.8 Å². The van der Waals surface area contributed by atoms with Crippen LogP contribution in [0.15, 0.2) is 30.8 Å². The van der Waals surface area contributed by atoms with E-state index in [1.165, 1.54) is 13.2 Å². The zero-order chi connectivity index (χ0) is 31.7. The van der Waals surface area contributed by atoms with Crippen molar-refractivity contribution in [3.8, 4) is 0 Å². The van der Waals surface area contributed by atoms with Gasteiger partial charge >= 0.3 is 23.9 Å². The predicted molar refractivity (Wildman–Crippen MR) is 145 cm³/mol. The number of carbonyl (C=O) groups excluding carboxylic acids is 5. The second-order valence-corrected chi connectivity index (χ2v) is 11.0. The topological polar surface area (TPSA) is 182 Å². The highest BCUT2D eigenvalue weighted by atomic mass is 16.8. The number of carbonyl (C=O) groups is 5. The molecule has 0 aromatic carbocycles. The molecule has 4 aliphatic rings. The van der Waals surface area contributed by atoms with E-state index >= 15 is 0 Å². The third-order valence-electron chi connectivity index (χ3n) is 8.03. The monoisotopic (exact) mass is 617 g/mol. The second-order valence-electron chi connectivity index (χ2n) is 11.0. The molecule has 0 aliphatic carbocycles. The molecule has 2 saturated heterocycles. The van der Waals surface area contributed by atoms with Crippen LogP contribution in [0.3, 0.4) is 0 Å². The van der Waals surface area contributed by atoms with E-state index in [4.69, 9.17) is 33.2 Å². The number of aromatic amines is 1. The first kappa shape index (κ1) is 31.2. The van der Waals surface area contributed by atoms with Gasteiger partial charge in [0.25, 0.3) is 5.91 Å². The minimum atomic E-state index is -1.46. The zero-order valence-corrected chi connectivity index (χ0v) is 24.8. The summed E-state index contributed by atoms with van der Waals surface area (Å²) in [7, 11) is 0. The molecule has 15 heteroatoms. The summed E-state index contributed by atoms with van der Waals surface area (Å²) in [5.74, 6) is -4.01. The van der Waals surface area contributed by atoms with Crippen molar-refractivity contribution in [2.75, 3.05) is 13.2 Å². The van der Waals surface area contributed by atoms with Crippen molar-refractivity contribution in [1.82, 2.24) is 14.9 Å². The van der Waals surface area contributed by atoms with Crippen LogP contribution in [0.1, 0.15) is 51.5 Å². The van der Waals surface area contributed by atoms with Crippen LogP contribution >= 0.6 is 0 Å². The summed E-state index contributed by atoms with van der Waals surface area (Å²) < 4.78 is 39.8. The van der Waals surface area contributed by atoms with Crippen molar-refractivity contribution in [1.29, 1.82) is 0 Å². The number of imidazole rings is 1. The molecule has 0 radical (unpaired) electrons. The lowest BCUT2D eigenvalue weighted by Gasteiger charge is -2.48. The van der Waals surface area contributed by atoms with Crippen molar-refractivity contribution in [2.24, 2.45) is 11.8 Å². The first-order chi connectivity index (χ1) is 21.0. The summed E-state index contributed by atoms with van der Waals surface area (Å²) in [5, 5.41) is 0. The molecule has 1 N–H and O–H groups in total. The average Bonchev–Trinajstić information content (AvgIpc) is 3.44. The number of nitrogens with one attached hydrogen (secondary N) is 1. The van der Waals surface area contributed by atoms with Gasteiger partial charge in [0.05, 0.1) is 35.6 Å². The van der Waals surface area contributed by atoms with Crippen LogP contribution in [0.25, 0.3) is 0 Å². The Balaban J connectivity index is 1.45. The van der Waals surface area contributed by atoms with Gasteiger partial charge in [-0.2, -0.15) is 0 Å². The maximum absolute atomic E-state index is 13.6. The number of hydrogen-bond donors (Lipinski definition) is 1. The molecule has 2 fully saturated rings. The van der Waals surface area contributed by atoms with Crippen LogP contribution in [-0.2, 0) is 63.6 Å². The highest BCUT2D eigenvalue weighted by Gasteiger charge is 2.55. The molecule has 0 unspecified atom stereocenters. The van der Waals surface area contributed by atoms with Gasteiger partial charge in [0.2, 0.25) is 12.6 Å². The van der Waals surface area contributed by atoms with E-state index in [9.17, 15) is 24.0 Å². The Morgan fingerprint density at radius 3 is 2.36 bits per heavy atom. The van der Waals surface area contributed by atoms with Crippen LogP contribution in [0.2, 0.25) is 0 Å². The molecule has 9 atom stereocenters. The number of nitrogens with zero attached hydrogens (tertiary/aromatic N) is 2. The molecule has 5 rings (SSSR count). The number of amides is 1. The fourth-order valence-corrected chi connectivity index (χ4v) is 6.29. The Morgan fingerprint density at radius 1 is 1.02 bits per heavy atom. The summed E-state index contributed by atoms with van der Waals surface area (Å²) in [4.78, 5) is 70.9. The van der Waals surface area contributed by atoms with Crippen LogP contribution < -0.4 is 0 Å². The third-order valence-corrected chi connectivity index (χ3v) is 8.03. The minimum absolute atomic E-state index is 0.163. The van der Waals surface area contributed by atoms with E-state index in [2.05, 4.69) is 16.5 Å². The summed E-state index contributed by atoms with van der Waals surface area (Å²) in [6.45, 7) is 8.68. The van der Waals surface area contributed by atoms with Gasteiger partial charge in [0.1, 0.15) is 12.7 Å². The van der Waals surface area contributed by atoms with Crippen molar-refractivity contribution in [3.05, 3.63) is 42.2 Å². The molecule has 1 aromatic heterocycles. The van der Waals surface area contributed by atoms with Crippen molar-refractivity contribution < 1.29 is 57.1 Å². The van der Waals surface area contributed by atoms with E-state index in [0.717, 1.165) is 32.2 Å². The number of H-pyrrole nitrogens is 1. The summed E-state index contributed by atoms with van der Waals surface area (Å²) in [6.07, 6.45) is -2.12. The van der Waals surface area contributed by atoms with Gasteiger partial charge in [0, 0.05) is 52.5 Å². The average molecular weight is 618 g/mol. The van der Waals surface area contributed by atoms with E-state index in [1.54, 1.807) is 17.3 Å². The van der Waals surface area contributed by atoms with Crippen molar-refractivity contribution in [3.63, 3.8) is 0 Å². The summed E-state index contributed by atoms with van der Waals surface area (Å²) in [5.41, 5.74) is 2.27. The Morgan fingerprint density at radius 2 is 1.70 bits per heavy atom. The Labute approximate surface area is 252 Å². The maximum Gasteiger partial charge on any atom is 0.303 e. The number of fused-ring (bicyclic) bond motifs is 4. The SMILES string of the molecule is C=C[C@H]1[C@H](O[C@@H]2O[C@H](COC(C)=O)[C@@H](OC(C)=O)[C@H](OC(C)=O)[C@H]2OC(C)=O)OC=C2C(=O)N3CCc4nc[nH]c4[C@@H]3C[C@H]21. The van der Waals surface area contributed by atoms with Gasteiger partial charge < -0.3 is 43.0 Å². The number of ether oxygens (including phenoxy) is 7. The molecule has 0 bridgehead atoms. The van der Waals surface area contributed by atoms with E-state index in [-0.39, 0.29) is 17.9 Å². The molecule has 4 aliphatic heterocycles. The van der Waals surface area contributed by atoms with E-state index < -0.39 is 73.4 Å². The smallest absolute Gasteiger partial charge is 0.303 e. The van der Waals surface area contributed by atoms with Crippen LogP contribution in [0, 0.1) is 11.8 Å². The second kappa shape index (κ2) is 12.8. The quantitative estimate of drug-likeness (QED) is 0.248. The van der Waals surface area contributed by atoms with E-state index in [1.807, 2.05) is 0 Å². The van der Waals surface area contributed by atoms with Gasteiger partial charge in [-0.25, -0.2) is 4.98 Å². The summed E-state index contributed by atoms with van der Waals surface area (Å²) in [6, 6.07) is -0.234. The molecule has 5 heterocycles. The lowest BCUT2D eigenvalue weighted by molar-refractivity contribution is -0.342. The van der Waals surface area contributed by atoms with Crippen molar-refractivity contribution in [2.45, 2.75) is 83.6 Å². The number of piperidine rings is 1. The van der Waals surface area contributed by atoms with Crippen LogP contribution in [0.5, 0.6) is 0 Å². The molecule has 44 heavy (non-hydrogen) atoms. The third kappa shape index (κ3) is 6.19. The Hall–Kier alpha value is -4.24. The van der Waals surface area contributed by atoms with Crippen molar-refractivity contribution >= 4 is 29.8 Å². The molecule has 15 nitrogen and oxygen atoms in total. The minimum Gasteiger partial charge on any atom is -0.471 e. The van der Waals surface area contributed by atoms with Crippen LogP contribution in [0.4, 0.5) is 0 Å². The van der Waals surface area contributed by atoms with Gasteiger partial charge in [-0.05, 0) is 6.42 Å². The Kier molecular flexibility index (Phi) is 9.06. The first-order valence-corrected chi connectivity index (χ1v) is 14.3. The van der Waals surface area contributed by atoms with Gasteiger partial charge in [-0.15, -0.1) is 6.58 Å². The predicted octanol–water partition coefficient (Wildman–Crippen LogP) is 0.998. The van der Waals surface area contributed by atoms with Gasteiger partial charge in [0.15, 0.2) is 18.3 Å². The molecule has 238 valence electrons. The molecular formula is C29H35N3O12. The molecule has 1 amide bonds. The normalized spacial score (nSPS) is 32.5. The summed E-state index contributed by atoms with van der Waals surface area (Å²) >= 11 is 0. The Bertz CT molecular complexity index is 1360. The zero-order valence-electron chi connectivity index (χ0n) is 24.8.